The van der Waals surface area contributed by atoms with Gasteiger partial charge in [-0.2, -0.15) is 0 Å². The number of ether oxygens (including phenoxy) is 1. The van der Waals surface area contributed by atoms with Gasteiger partial charge in [-0.3, -0.25) is 14.4 Å². The van der Waals surface area contributed by atoms with Crippen LogP contribution in [0.2, 0.25) is 0 Å². The van der Waals surface area contributed by atoms with E-state index in [1.807, 2.05) is 19.1 Å². The molecule has 134 valence electrons. The monoisotopic (exact) mass is 346 g/mol. The number of aryl methyl sites for hydroxylation is 1. The van der Waals surface area contributed by atoms with Gasteiger partial charge in [0.2, 0.25) is 11.8 Å². The van der Waals surface area contributed by atoms with Gasteiger partial charge in [0.25, 0.3) is 0 Å². The first-order valence-corrected chi connectivity index (χ1v) is 8.41. The third-order valence-electron chi connectivity index (χ3n) is 4.88. The molecule has 2 aliphatic rings. The predicted octanol–water partition coefficient (Wildman–Crippen LogP) is 1.65. The minimum atomic E-state index is -0.942. The van der Waals surface area contributed by atoms with Crippen molar-refractivity contribution < 1.29 is 24.2 Å². The van der Waals surface area contributed by atoms with Crippen LogP contribution in [0.25, 0.3) is 0 Å². The van der Waals surface area contributed by atoms with Gasteiger partial charge in [0, 0.05) is 6.54 Å². The highest BCUT2D eigenvalue weighted by atomic mass is 16.5. The molecule has 1 saturated carbocycles. The van der Waals surface area contributed by atoms with Crippen molar-refractivity contribution in [1.82, 2.24) is 4.90 Å². The second-order valence-electron chi connectivity index (χ2n) is 6.67. The highest BCUT2D eigenvalue weighted by Crippen LogP contribution is 2.41. The summed E-state index contributed by atoms with van der Waals surface area (Å²) >= 11 is 0. The summed E-state index contributed by atoms with van der Waals surface area (Å²) in [5, 5.41) is 11.9. The Labute approximate surface area is 146 Å². The number of benzene rings is 1. The van der Waals surface area contributed by atoms with Crippen molar-refractivity contribution in [2.45, 2.75) is 32.2 Å². The Kier molecular flexibility index (Phi) is 4.65. The van der Waals surface area contributed by atoms with Crippen LogP contribution in [0, 0.1) is 18.8 Å². The molecule has 1 aliphatic carbocycles. The number of nitrogens with zero attached hydrogens (tertiary/aromatic N) is 1. The highest BCUT2D eigenvalue weighted by molar-refractivity contribution is 6.00. The van der Waals surface area contributed by atoms with E-state index in [1.54, 1.807) is 6.07 Å². The summed E-state index contributed by atoms with van der Waals surface area (Å²) in [6.07, 6.45) is 1.68. The molecule has 1 aromatic carbocycles. The molecule has 0 aromatic heterocycles. The van der Waals surface area contributed by atoms with E-state index in [0.29, 0.717) is 30.8 Å². The normalized spacial score (nSPS) is 24.7. The SMILES string of the molecule is COc1ccc(C)cc1NC(=O)[C@@H]1CCCN1C(=O)[C@H]1C[C@H]1C(=O)O. The second kappa shape index (κ2) is 6.74. The van der Waals surface area contributed by atoms with Gasteiger partial charge in [-0.15, -0.1) is 0 Å². The first kappa shape index (κ1) is 17.3. The van der Waals surface area contributed by atoms with Gasteiger partial charge in [-0.25, -0.2) is 0 Å². The smallest absolute Gasteiger partial charge is 0.307 e. The molecule has 1 heterocycles. The van der Waals surface area contributed by atoms with Gasteiger partial charge in [0.05, 0.1) is 24.6 Å². The molecule has 2 amide bonds. The lowest BCUT2D eigenvalue weighted by Crippen LogP contribution is -2.44. The molecule has 0 unspecified atom stereocenters. The Morgan fingerprint density at radius 1 is 1.28 bits per heavy atom. The van der Waals surface area contributed by atoms with E-state index in [2.05, 4.69) is 5.32 Å². The van der Waals surface area contributed by atoms with Crippen molar-refractivity contribution in [3.8, 4) is 5.75 Å². The maximum Gasteiger partial charge on any atom is 0.307 e. The van der Waals surface area contributed by atoms with Crippen molar-refractivity contribution in [1.29, 1.82) is 0 Å². The number of carbonyl (C=O) groups is 3. The second-order valence-corrected chi connectivity index (χ2v) is 6.67. The molecule has 2 N–H and O–H groups in total. The molecule has 7 heteroatoms. The minimum absolute atomic E-state index is 0.221. The van der Waals surface area contributed by atoms with E-state index in [9.17, 15) is 14.4 Å². The molecule has 0 bridgehead atoms. The van der Waals surface area contributed by atoms with Gasteiger partial charge in [-0.1, -0.05) is 6.07 Å². The van der Waals surface area contributed by atoms with Crippen LogP contribution in [0.4, 0.5) is 5.69 Å². The number of nitrogens with one attached hydrogen (secondary N) is 1. The van der Waals surface area contributed by atoms with E-state index >= 15 is 0 Å². The zero-order valence-corrected chi connectivity index (χ0v) is 14.3. The number of aliphatic carboxylic acids is 1. The van der Waals surface area contributed by atoms with Gasteiger partial charge in [-0.05, 0) is 43.9 Å². The fourth-order valence-corrected chi connectivity index (χ4v) is 3.39. The molecule has 0 radical (unpaired) electrons. The average molecular weight is 346 g/mol. The maximum atomic E-state index is 12.7. The lowest BCUT2D eigenvalue weighted by molar-refractivity contribution is -0.143. The van der Waals surface area contributed by atoms with E-state index < -0.39 is 23.8 Å². The number of likely N-dealkylation sites (tertiary alicyclic amines) is 1. The van der Waals surface area contributed by atoms with Gasteiger partial charge in [0.15, 0.2) is 0 Å². The van der Waals surface area contributed by atoms with Crippen LogP contribution in [0.1, 0.15) is 24.8 Å². The molecule has 1 aromatic rings. The summed E-state index contributed by atoms with van der Waals surface area (Å²) in [6, 6.07) is 4.93. The van der Waals surface area contributed by atoms with E-state index in [1.165, 1.54) is 12.0 Å². The van der Waals surface area contributed by atoms with E-state index in [4.69, 9.17) is 9.84 Å². The van der Waals surface area contributed by atoms with Crippen LogP contribution in [-0.4, -0.2) is 47.5 Å². The molecular weight excluding hydrogens is 324 g/mol. The predicted molar refractivity (Wildman–Crippen MR) is 90.3 cm³/mol. The van der Waals surface area contributed by atoms with Crippen LogP contribution >= 0.6 is 0 Å². The zero-order chi connectivity index (χ0) is 18.1. The third-order valence-corrected chi connectivity index (χ3v) is 4.88. The van der Waals surface area contributed by atoms with Crippen molar-refractivity contribution in [3.05, 3.63) is 23.8 Å². The largest absolute Gasteiger partial charge is 0.495 e. The molecule has 1 saturated heterocycles. The van der Waals surface area contributed by atoms with Crippen molar-refractivity contribution >= 4 is 23.5 Å². The van der Waals surface area contributed by atoms with Crippen LogP contribution in [0.3, 0.4) is 0 Å². The molecule has 7 nitrogen and oxygen atoms in total. The highest BCUT2D eigenvalue weighted by Gasteiger charge is 2.51. The number of anilines is 1. The quantitative estimate of drug-likeness (QED) is 0.845. The molecule has 2 fully saturated rings. The number of methoxy groups -OCH3 is 1. The molecule has 0 spiro atoms. The summed E-state index contributed by atoms with van der Waals surface area (Å²) in [7, 11) is 1.53. The maximum absolute atomic E-state index is 12.7. The van der Waals surface area contributed by atoms with Crippen LogP contribution in [-0.2, 0) is 14.4 Å². The van der Waals surface area contributed by atoms with Gasteiger partial charge >= 0.3 is 5.97 Å². The average Bonchev–Trinajstić information content (AvgIpc) is 3.23. The molecule has 1 aliphatic heterocycles. The Balaban J connectivity index is 1.70. The van der Waals surface area contributed by atoms with Crippen LogP contribution < -0.4 is 10.1 Å². The number of carbonyl (C=O) groups excluding carboxylic acids is 2. The third kappa shape index (κ3) is 3.45. The fourth-order valence-electron chi connectivity index (χ4n) is 3.39. The molecular formula is C18H22N2O5. The van der Waals surface area contributed by atoms with Gasteiger partial charge < -0.3 is 20.1 Å². The Morgan fingerprint density at radius 2 is 2.04 bits per heavy atom. The summed E-state index contributed by atoms with van der Waals surface area (Å²) in [5.41, 5.74) is 1.55. The Morgan fingerprint density at radius 3 is 2.68 bits per heavy atom. The Bertz CT molecular complexity index is 717. The number of carboxylic acids is 1. The summed E-state index contributed by atoms with van der Waals surface area (Å²) in [5.74, 6) is -1.96. The van der Waals surface area contributed by atoms with Crippen molar-refractivity contribution in [3.63, 3.8) is 0 Å². The summed E-state index contributed by atoms with van der Waals surface area (Å²) in [4.78, 5) is 37.7. The lowest BCUT2D eigenvalue weighted by atomic mass is 10.1. The number of carboxylic acid groups (broad SMARTS) is 1. The Hall–Kier alpha value is -2.57. The molecule has 25 heavy (non-hydrogen) atoms. The van der Waals surface area contributed by atoms with E-state index in [0.717, 1.165) is 12.0 Å². The number of hydrogen-bond acceptors (Lipinski definition) is 4. The summed E-state index contributed by atoms with van der Waals surface area (Å²) < 4.78 is 5.27. The summed E-state index contributed by atoms with van der Waals surface area (Å²) in [6.45, 7) is 2.41. The molecule has 3 rings (SSSR count). The van der Waals surface area contributed by atoms with Crippen molar-refractivity contribution in [2.24, 2.45) is 11.8 Å². The van der Waals surface area contributed by atoms with E-state index in [-0.39, 0.29) is 11.8 Å². The minimum Gasteiger partial charge on any atom is -0.495 e. The van der Waals surface area contributed by atoms with Gasteiger partial charge in [0.1, 0.15) is 11.8 Å². The number of hydrogen-bond donors (Lipinski definition) is 2. The number of amides is 2. The zero-order valence-electron chi connectivity index (χ0n) is 14.3. The first-order chi connectivity index (χ1) is 11.9. The fraction of sp³-hybridized carbons (Fsp3) is 0.500. The van der Waals surface area contributed by atoms with Crippen molar-refractivity contribution in [2.75, 3.05) is 19.0 Å². The van der Waals surface area contributed by atoms with Crippen LogP contribution in [0.15, 0.2) is 18.2 Å². The topological polar surface area (TPSA) is 95.9 Å². The number of rotatable bonds is 5. The lowest BCUT2D eigenvalue weighted by Gasteiger charge is -2.24. The standard InChI is InChI=1S/C18H22N2O5/c1-10-5-6-15(25-2)13(8-10)19-16(21)14-4-3-7-20(14)17(22)11-9-12(11)18(23)24/h5-6,8,11-12,14H,3-4,7,9H2,1-2H3,(H,19,21)(H,23,24)/t11-,12+,14-/m0/s1. The molecule has 3 atom stereocenters. The van der Waals surface area contributed by atoms with Crippen LogP contribution in [0.5, 0.6) is 5.75 Å². The first-order valence-electron chi connectivity index (χ1n) is 8.41.